The van der Waals surface area contributed by atoms with Crippen molar-refractivity contribution in [3.63, 3.8) is 0 Å². The minimum atomic E-state index is 0.193. The largest absolute Gasteiger partial charge is 0.378 e. The molecule has 0 aromatic heterocycles. The third kappa shape index (κ3) is 3.16. The maximum atomic E-state index is 12.3. The Morgan fingerprint density at radius 3 is 2.39 bits per heavy atom. The van der Waals surface area contributed by atoms with Crippen LogP contribution in [0.15, 0.2) is 0 Å². The molecule has 2 amide bonds. The molecule has 0 spiro atoms. The fourth-order valence-electron chi connectivity index (χ4n) is 3.07. The molecule has 2 rings (SSSR count). The second-order valence-corrected chi connectivity index (χ2v) is 5.58. The number of hydrogen-bond acceptors (Lipinski definition) is 2. The highest BCUT2D eigenvalue weighted by Crippen LogP contribution is 2.29. The van der Waals surface area contributed by atoms with Gasteiger partial charge in [0.05, 0.1) is 13.2 Å². The van der Waals surface area contributed by atoms with E-state index in [-0.39, 0.29) is 6.03 Å². The highest BCUT2D eigenvalue weighted by atomic mass is 16.5. The van der Waals surface area contributed by atoms with Crippen LogP contribution in [0.2, 0.25) is 0 Å². The van der Waals surface area contributed by atoms with E-state index >= 15 is 0 Å². The van der Waals surface area contributed by atoms with Crippen molar-refractivity contribution in [2.75, 3.05) is 33.4 Å². The van der Waals surface area contributed by atoms with Gasteiger partial charge in [0.15, 0.2) is 0 Å². The summed E-state index contributed by atoms with van der Waals surface area (Å²) in [6.07, 6.45) is 6.19. The Bertz CT molecular complexity index is 269. The predicted octanol–water partition coefficient (Wildman–Crippen LogP) is 2.34. The molecule has 1 aliphatic heterocycles. The number of nitrogens with zero attached hydrogens (tertiary/aromatic N) is 2. The maximum Gasteiger partial charge on any atom is 0.320 e. The van der Waals surface area contributed by atoms with Gasteiger partial charge in [-0.25, -0.2) is 4.79 Å². The van der Waals surface area contributed by atoms with Gasteiger partial charge in [-0.2, -0.15) is 0 Å². The van der Waals surface area contributed by atoms with Crippen molar-refractivity contribution in [1.29, 1.82) is 0 Å². The van der Waals surface area contributed by atoms with Crippen LogP contribution in [0, 0.1) is 5.92 Å². The molecule has 0 atom stereocenters. The Labute approximate surface area is 110 Å². The van der Waals surface area contributed by atoms with E-state index in [2.05, 4.69) is 6.92 Å². The van der Waals surface area contributed by atoms with Crippen LogP contribution in [0.4, 0.5) is 4.79 Å². The van der Waals surface area contributed by atoms with Gasteiger partial charge in [-0.05, 0) is 31.6 Å². The van der Waals surface area contributed by atoms with Crippen molar-refractivity contribution in [2.24, 2.45) is 5.92 Å². The summed E-state index contributed by atoms with van der Waals surface area (Å²) in [7, 11) is 1.97. The Morgan fingerprint density at radius 1 is 1.22 bits per heavy atom. The van der Waals surface area contributed by atoms with E-state index in [1.54, 1.807) is 0 Å². The van der Waals surface area contributed by atoms with Crippen LogP contribution in [0.5, 0.6) is 0 Å². The third-order valence-electron chi connectivity index (χ3n) is 4.52. The molecular weight excluding hydrogens is 228 g/mol. The van der Waals surface area contributed by atoms with E-state index in [9.17, 15) is 4.79 Å². The van der Waals surface area contributed by atoms with E-state index in [1.165, 1.54) is 32.1 Å². The zero-order valence-electron chi connectivity index (χ0n) is 11.7. The summed E-state index contributed by atoms with van der Waals surface area (Å²) in [5.41, 5.74) is 0. The summed E-state index contributed by atoms with van der Waals surface area (Å²) in [5.74, 6) is 0.883. The first-order valence-corrected chi connectivity index (χ1v) is 7.31. The number of ether oxygens (including phenoxy) is 1. The van der Waals surface area contributed by atoms with Gasteiger partial charge in [0, 0.05) is 26.2 Å². The van der Waals surface area contributed by atoms with Gasteiger partial charge >= 0.3 is 6.03 Å². The van der Waals surface area contributed by atoms with Gasteiger partial charge in [0.2, 0.25) is 0 Å². The Morgan fingerprint density at radius 2 is 1.83 bits per heavy atom. The number of amides is 2. The SMILES string of the molecule is CCC1CCC(N(C)C(=O)N2CCOCC2)CC1. The van der Waals surface area contributed by atoms with Crippen LogP contribution >= 0.6 is 0 Å². The Kier molecular flexibility index (Phi) is 4.87. The fourth-order valence-corrected chi connectivity index (χ4v) is 3.07. The molecule has 2 fully saturated rings. The number of morpholine rings is 1. The fraction of sp³-hybridized carbons (Fsp3) is 0.929. The van der Waals surface area contributed by atoms with Crippen LogP contribution in [-0.4, -0.2) is 55.2 Å². The lowest BCUT2D eigenvalue weighted by atomic mass is 9.84. The molecule has 0 bridgehead atoms. The summed E-state index contributed by atoms with van der Waals surface area (Å²) < 4.78 is 5.29. The second kappa shape index (κ2) is 6.41. The summed E-state index contributed by atoms with van der Waals surface area (Å²) in [5, 5.41) is 0. The first-order valence-electron chi connectivity index (χ1n) is 7.31. The van der Waals surface area contributed by atoms with Crippen molar-refractivity contribution in [2.45, 2.75) is 45.1 Å². The van der Waals surface area contributed by atoms with E-state index in [1.807, 2.05) is 16.8 Å². The predicted molar refractivity (Wildman–Crippen MR) is 71.6 cm³/mol. The van der Waals surface area contributed by atoms with Crippen molar-refractivity contribution >= 4 is 6.03 Å². The molecule has 4 heteroatoms. The first-order chi connectivity index (χ1) is 8.72. The van der Waals surface area contributed by atoms with Gasteiger partial charge in [-0.15, -0.1) is 0 Å². The normalized spacial score (nSPS) is 29.1. The molecule has 1 aliphatic carbocycles. The van der Waals surface area contributed by atoms with Crippen molar-refractivity contribution in [3.8, 4) is 0 Å². The van der Waals surface area contributed by atoms with E-state index < -0.39 is 0 Å². The molecule has 1 heterocycles. The lowest BCUT2D eigenvalue weighted by molar-refractivity contribution is 0.0394. The minimum absolute atomic E-state index is 0.193. The molecule has 0 unspecified atom stereocenters. The zero-order chi connectivity index (χ0) is 13.0. The zero-order valence-corrected chi connectivity index (χ0v) is 11.7. The molecule has 18 heavy (non-hydrogen) atoms. The van der Waals surface area contributed by atoms with Crippen LogP contribution < -0.4 is 0 Å². The molecule has 2 aliphatic rings. The van der Waals surface area contributed by atoms with Gasteiger partial charge in [0.1, 0.15) is 0 Å². The van der Waals surface area contributed by atoms with Gasteiger partial charge in [0.25, 0.3) is 0 Å². The van der Waals surface area contributed by atoms with Crippen LogP contribution in [0.1, 0.15) is 39.0 Å². The molecule has 1 saturated heterocycles. The summed E-state index contributed by atoms with van der Waals surface area (Å²) in [6.45, 7) is 5.12. The summed E-state index contributed by atoms with van der Waals surface area (Å²) >= 11 is 0. The number of rotatable bonds is 2. The molecule has 104 valence electrons. The third-order valence-corrected chi connectivity index (χ3v) is 4.52. The van der Waals surface area contributed by atoms with E-state index in [0.717, 1.165) is 19.0 Å². The van der Waals surface area contributed by atoms with Crippen LogP contribution in [0.3, 0.4) is 0 Å². The number of carbonyl (C=O) groups excluding carboxylic acids is 1. The minimum Gasteiger partial charge on any atom is -0.378 e. The Hall–Kier alpha value is -0.770. The van der Waals surface area contributed by atoms with Crippen molar-refractivity contribution in [3.05, 3.63) is 0 Å². The summed E-state index contributed by atoms with van der Waals surface area (Å²) in [6, 6.07) is 0.640. The molecule has 0 N–H and O–H groups in total. The van der Waals surface area contributed by atoms with Crippen molar-refractivity contribution in [1.82, 2.24) is 9.80 Å². The molecule has 1 saturated carbocycles. The average Bonchev–Trinajstić information content (AvgIpc) is 2.47. The molecule has 0 aromatic rings. The Balaban J connectivity index is 1.83. The van der Waals surface area contributed by atoms with Crippen LogP contribution in [0.25, 0.3) is 0 Å². The first kappa shape index (κ1) is 13.7. The van der Waals surface area contributed by atoms with Gasteiger partial charge in [-0.3, -0.25) is 0 Å². The highest BCUT2D eigenvalue weighted by molar-refractivity contribution is 5.74. The number of carbonyl (C=O) groups is 1. The van der Waals surface area contributed by atoms with Gasteiger partial charge in [-0.1, -0.05) is 13.3 Å². The smallest absolute Gasteiger partial charge is 0.320 e. The quantitative estimate of drug-likeness (QED) is 0.757. The van der Waals surface area contributed by atoms with Gasteiger partial charge < -0.3 is 14.5 Å². The van der Waals surface area contributed by atoms with Crippen LogP contribution in [-0.2, 0) is 4.74 Å². The highest BCUT2D eigenvalue weighted by Gasteiger charge is 2.28. The average molecular weight is 254 g/mol. The molecule has 0 radical (unpaired) electrons. The molecule has 0 aromatic carbocycles. The molecule has 4 nitrogen and oxygen atoms in total. The lowest BCUT2D eigenvalue weighted by Gasteiger charge is -2.38. The number of hydrogen-bond donors (Lipinski definition) is 0. The lowest BCUT2D eigenvalue weighted by Crippen LogP contribution is -2.50. The summed E-state index contributed by atoms with van der Waals surface area (Å²) in [4.78, 5) is 16.2. The standard InChI is InChI=1S/C14H26N2O2/c1-3-12-4-6-13(7-5-12)15(2)14(17)16-8-10-18-11-9-16/h12-13H,3-11H2,1-2H3. The van der Waals surface area contributed by atoms with Crippen molar-refractivity contribution < 1.29 is 9.53 Å². The second-order valence-electron chi connectivity index (χ2n) is 5.58. The van der Waals surface area contributed by atoms with E-state index in [4.69, 9.17) is 4.74 Å². The molecular formula is C14H26N2O2. The maximum absolute atomic E-state index is 12.3. The monoisotopic (exact) mass is 254 g/mol. The topological polar surface area (TPSA) is 32.8 Å². The van der Waals surface area contributed by atoms with E-state index in [0.29, 0.717) is 19.3 Å². The number of urea groups is 1.